The molecule has 0 saturated heterocycles. The molecule has 0 fully saturated rings. The highest BCUT2D eigenvalue weighted by Gasteiger charge is 2.16. The molecule has 0 radical (unpaired) electrons. The lowest BCUT2D eigenvalue weighted by Crippen LogP contribution is -2.13. The van der Waals surface area contributed by atoms with Crippen LogP contribution in [0.4, 0.5) is 5.95 Å². The van der Waals surface area contributed by atoms with Gasteiger partial charge in [-0.15, -0.1) is 0 Å². The Labute approximate surface area is 108 Å². The number of aromatic nitrogens is 2. The number of nitrogens with zero attached hydrogens (tertiary/aromatic N) is 2. The molecule has 2 aromatic rings. The zero-order valence-corrected chi connectivity index (χ0v) is 10.3. The number of ether oxygens (including phenoxy) is 1. The molecule has 7 nitrogen and oxygen atoms in total. The minimum atomic E-state index is -0.647. The number of anilines is 1. The van der Waals surface area contributed by atoms with Crippen molar-refractivity contribution in [1.82, 2.24) is 9.97 Å². The second-order valence-electron chi connectivity index (χ2n) is 3.63. The van der Waals surface area contributed by atoms with Crippen molar-refractivity contribution in [3.8, 4) is 0 Å². The van der Waals surface area contributed by atoms with Crippen LogP contribution >= 0.6 is 0 Å². The van der Waals surface area contributed by atoms with Gasteiger partial charge in [-0.05, 0) is 25.1 Å². The van der Waals surface area contributed by atoms with E-state index in [1.165, 1.54) is 25.4 Å². The average molecular weight is 261 g/mol. The summed E-state index contributed by atoms with van der Waals surface area (Å²) in [5, 5.41) is 2.46. The molecule has 2 heterocycles. The summed E-state index contributed by atoms with van der Waals surface area (Å²) in [4.78, 5) is 30.9. The van der Waals surface area contributed by atoms with Crippen LogP contribution in [0.3, 0.4) is 0 Å². The van der Waals surface area contributed by atoms with Crippen molar-refractivity contribution in [1.29, 1.82) is 0 Å². The van der Waals surface area contributed by atoms with Crippen molar-refractivity contribution in [2.75, 3.05) is 12.4 Å². The highest BCUT2D eigenvalue weighted by atomic mass is 16.5. The Balaban J connectivity index is 2.12. The third-order valence-corrected chi connectivity index (χ3v) is 2.24. The quantitative estimate of drug-likeness (QED) is 0.839. The first-order valence-corrected chi connectivity index (χ1v) is 5.39. The third kappa shape index (κ3) is 2.95. The zero-order valence-electron chi connectivity index (χ0n) is 10.3. The predicted molar refractivity (Wildman–Crippen MR) is 64.8 cm³/mol. The molecule has 0 bridgehead atoms. The maximum atomic E-state index is 11.8. The number of amides is 1. The molecule has 1 amide bonds. The second kappa shape index (κ2) is 5.30. The summed E-state index contributed by atoms with van der Waals surface area (Å²) < 4.78 is 9.53. The van der Waals surface area contributed by atoms with Crippen LogP contribution in [-0.4, -0.2) is 29.0 Å². The first-order chi connectivity index (χ1) is 9.10. The average Bonchev–Trinajstić information content (AvgIpc) is 2.87. The first kappa shape index (κ1) is 12.7. The van der Waals surface area contributed by atoms with Gasteiger partial charge >= 0.3 is 5.97 Å². The molecule has 98 valence electrons. The molecular weight excluding hydrogens is 250 g/mol. The first-order valence-electron chi connectivity index (χ1n) is 5.39. The van der Waals surface area contributed by atoms with Gasteiger partial charge in [-0.2, -0.15) is 0 Å². The fraction of sp³-hybridized carbons (Fsp3) is 0.167. The number of methoxy groups -OCH3 is 1. The van der Waals surface area contributed by atoms with Crippen LogP contribution in [0.15, 0.2) is 28.8 Å². The van der Waals surface area contributed by atoms with Gasteiger partial charge in [0.2, 0.25) is 11.7 Å². The fourth-order valence-electron chi connectivity index (χ4n) is 1.34. The molecule has 2 aromatic heterocycles. The number of rotatable bonds is 3. The van der Waals surface area contributed by atoms with Crippen LogP contribution in [0.5, 0.6) is 0 Å². The number of esters is 1. The van der Waals surface area contributed by atoms with Gasteiger partial charge < -0.3 is 9.15 Å². The summed E-state index contributed by atoms with van der Waals surface area (Å²) in [7, 11) is 1.23. The molecule has 0 atom stereocenters. The number of carbonyl (C=O) groups excluding carboxylic acids is 2. The summed E-state index contributed by atoms with van der Waals surface area (Å²) in [6, 6.07) is 4.44. The van der Waals surface area contributed by atoms with Crippen LogP contribution in [0, 0.1) is 6.92 Å². The summed E-state index contributed by atoms with van der Waals surface area (Å²) in [6.07, 6.45) is 1.53. The van der Waals surface area contributed by atoms with E-state index in [0.717, 1.165) is 5.69 Å². The summed E-state index contributed by atoms with van der Waals surface area (Å²) in [5.41, 5.74) is 0.722. The summed E-state index contributed by atoms with van der Waals surface area (Å²) in [5.74, 6) is -1.09. The molecule has 0 unspecified atom stereocenters. The van der Waals surface area contributed by atoms with Gasteiger partial charge in [0.05, 0.1) is 7.11 Å². The molecule has 0 aromatic carbocycles. The number of hydrogen-bond donors (Lipinski definition) is 1. The Morgan fingerprint density at radius 1 is 1.26 bits per heavy atom. The molecule has 0 spiro atoms. The Morgan fingerprint density at radius 3 is 2.68 bits per heavy atom. The van der Waals surface area contributed by atoms with Gasteiger partial charge in [-0.1, -0.05) is 0 Å². The molecule has 2 rings (SSSR count). The normalized spacial score (nSPS) is 10.0. The largest absolute Gasteiger partial charge is 0.463 e. The predicted octanol–water partition coefficient (Wildman–Crippen LogP) is 1.42. The smallest absolute Gasteiger partial charge is 0.373 e. The lowest BCUT2D eigenvalue weighted by atomic mass is 10.4. The number of carbonyl (C=O) groups is 2. The Kier molecular flexibility index (Phi) is 3.56. The second-order valence-corrected chi connectivity index (χ2v) is 3.63. The molecular formula is C12H11N3O4. The molecule has 1 N–H and O–H groups in total. The van der Waals surface area contributed by atoms with Crippen molar-refractivity contribution in [3.63, 3.8) is 0 Å². The van der Waals surface area contributed by atoms with E-state index in [4.69, 9.17) is 4.42 Å². The topological polar surface area (TPSA) is 94.3 Å². The Hall–Kier alpha value is -2.70. The van der Waals surface area contributed by atoms with E-state index in [1.807, 2.05) is 0 Å². The van der Waals surface area contributed by atoms with E-state index in [-0.39, 0.29) is 17.5 Å². The van der Waals surface area contributed by atoms with Gasteiger partial charge in [-0.3, -0.25) is 10.1 Å². The van der Waals surface area contributed by atoms with Crippen LogP contribution in [0.2, 0.25) is 0 Å². The van der Waals surface area contributed by atoms with Gasteiger partial charge in [-0.25, -0.2) is 14.8 Å². The Bertz CT molecular complexity index is 621. The highest BCUT2D eigenvalue weighted by Crippen LogP contribution is 2.10. The lowest BCUT2D eigenvalue weighted by molar-refractivity contribution is 0.0563. The number of hydrogen-bond acceptors (Lipinski definition) is 6. The van der Waals surface area contributed by atoms with E-state index in [0.29, 0.717) is 0 Å². The zero-order chi connectivity index (χ0) is 13.8. The number of furan rings is 1. The highest BCUT2D eigenvalue weighted by molar-refractivity contribution is 6.02. The van der Waals surface area contributed by atoms with Crippen molar-refractivity contribution in [2.24, 2.45) is 0 Å². The minimum absolute atomic E-state index is 0.0227. The summed E-state index contributed by atoms with van der Waals surface area (Å²) >= 11 is 0. The van der Waals surface area contributed by atoms with E-state index in [9.17, 15) is 9.59 Å². The van der Waals surface area contributed by atoms with Crippen LogP contribution in [-0.2, 0) is 4.74 Å². The van der Waals surface area contributed by atoms with Gasteiger partial charge in [0.15, 0.2) is 5.76 Å². The molecule has 0 aliphatic carbocycles. The third-order valence-electron chi connectivity index (χ3n) is 2.24. The SMILES string of the molecule is COC(=O)c1ccc(C(=O)Nc2nccc(C)n2)o1. The number of nitrogens with one attached hydrogen (secondary N) is 1. The number of aryl methyl sites for hydroxylation is 1. The molecule has 7 heteroatoms. The van der Waals surface area contributed by atoms with Crippen LogP contribution < -0.4 is 5.32 Å². The van der Waals surface area contributed by atoms with E-state index >= 15 is 0 Å². The van der Waals surface area contributed by atoms with Gasteiger partial charge in [0.1, 0.15) is 0 Å². The Morgan fingerprint density at radius 2 is 2.00 bits per heavy atom. The van der Waals surface area contributed by atoms with Crippen molar-refractivity contribution in [2.45, 2.75) is 6.92 Å². The van der Waals surface area contributed by atoms with Crippen molar-refractivity contribution in [3.05, 3.63) is 41.6 Å². The molecule has 0 aliphatic heterocycles. The van der Waals surface area contributed by atoms with Gasteiger partial charge in [0.25, 0.3) is 5.91 Å². The van der Waals surface area contributed by atoms with Crippen LogP contribution in [0.1, 0.15) is 26.8 Å². The van der Waals surface area contributed by atoms with E-state index in [2.05, 4.69) is 20.0 Å². The summed E-state index contributed by atoms with van der Waals surface area (Å²) in [6.45, 7) is 1.78. The molecule has 0 saturated carbocycles. The maximum Gasteiger partial charge on any atom is 0.373 e. The van der Waals surface area contributed by atoms with Crippen molar-refractivity contribution < 1.29 is 18.7 Å². The van der Waals surface area contributed by atoms with Gasteiger partial charge in [0, 0.05) is 11.9 Å². The van der Waals surface area contributed by atoms with E-state index < -0.39 is 11.9 Å². The maximum absolute atomic E-state index is 11.8. The van der Waals surface area contributed by atoms with Crippen LogP contribution in [0.25, 0.3) is 0 Å². The van der Waals surface area contributed by atoms with Crippen molar-refractivity contribution >= 4 is 17.8 Å². The lowest BCUT2D eigenvalue weighted by Gasteiger charge is -2.01. The molecule has 0 aliphatic rings. The standard InChI is InChI=1S/C12H11N3O4/c1-7-5-6-13-12(14-7)15-10(16)8-3-4-9(19-8)11(17)18-2/h3-6H,1-2H3,(H,13,14,15,16). The fourth-order valence-corrected chi connectivity index (χ4v) is 1.34. The monoisotopic (exact) mass is 261 g/mol. The minimum Gasteiger partial charge on any atom is -0.463 e. The molecule has 19 heavy (non-hydrogen) atoms. The van der Waals surface area contributed by atoms with E-state index in [1.54, 1.807) is 13.0 Å².